The molecule has 3 rings (SSSR count). The summed E-state index contributed by atoms with van der Waals surface area (Å²) >= 11 is 6.10. The molecule has 0 bridgehead atoms. The molecule has 23 heavy (non-hydrogen) atoms. The number of amides is 1. The quantitative estimate of drug-likeness (QED) is 0.760. The van der Waals surface area contributed by atoms with Crippen molar-refractivity contribution < 1.29 is 9.00 Å². The number of aromatic nitrogens is 2. The van der Waals surface area contributed by atoms with Gasteiger partial charge in [-0.25, -0.2) is 0 Å². The Morgan fingerprint density at radius 3 is 2.96 bits per heavy atom. The summed E-state index contributed by atoms with van der Waals surface area (Å²) in [5, 5.41) is 11.0. The van der Waals surface area contributed by atoms with Gasteiger partial charge in [-0.15, -0.1) is 0 Å². The van der Waals surface area contributed by atoms with Crippen molar-refractivity contribution in [1.82, 2.24) is 10.2 Å². The molecule has 1 aromatic heterocycles. The fourth-order valence-corrected chi connectivity index (χ4v) is 3.28. The molecule has 0 saturated heterocycles. The molecule has 1 atom stereocenters. The van der Waals surface area contributed by atoms with Crippen LogP contribution in [0.5, 0.6) is 0 Å². The topological polar surface area (TPSA) is 74.8 Å². The number of hydrogen-bond donors (Lipinski definition) is 2. The van der Waals surface area contributed by atoms with Crippen molar-refractivity contribution in [2.75, 3.05) is 11.6 Å². The van der Waals surface area contributed by atoms with Crippen LogP contribution in [0.4, 0.5) is 5.69 Å². The van der Waals surface area contributed by atoms with Gasteiger partial charge in [0.1, 0.15) is 0 Å². The number of para-hydroxylation sites is 1. The highest BCUT2D eigenvalue weighted by atomic mass is 35.5. The zero-order chi connectivity index (χ0) is 16.4. The molecular weight excluding hydrogens is 334 g/mol. The van der Waals surface area contributed by atoms with Crippen molar-refractivity contribution in [2.24, 2.45) is 0 Å². The number of nitrogens with zero attached hydrogens (tertiary/aromatic N) is 1. The summed E-state index contributed by atoms with van der Waals surface area (Å²) in [4.78, 5) is 12.5. The second kappa shape index (κ2) is 6.52. The Morgan fingerprint density at radius 2 is 2.17 bits per heavy atom. The SMILES string of the molecule is CS(=O)Cc1cc(NC(=O)c2cccc3cn[nH]c23)ccc1Cl. The molecule has 1 heterocycles. The molecule has 0 radical (unpaired) electrons. The Kier molecular flexibility index (Phi) is 4.45. The van der Waals surface area contributed by atoms with E-state index in [1.807, 2.05) is 6.07 Å². The van der Waals surface area contributed by atoms with Gasteiger partial charge in [0.2, 0.25) is 0 Å². The van der Waals surface area contributed by atoms with E-state index in [2.05, 4.69) is 15.5 Å². The predicted octanol–water partition coefficient (Wildman–Crippen LogP) is 3.35. The molecule has 0 spiro atoms. The number of rotatable bonds is 4. The van der Waals surface area contributed by atoms with Crippen LogP contribution in [0.25, 0.3) is 10.9 Å². The number of fused-ring (bicyclic) bond motifs is 1. The lowest BCUT2D eigenvalue weighted by molar-refractivity contribution is 0.102. The predicted molar refractivity (Wildman–Crippen MR) is 93.3 cm³/mol. The first kappa shape index (κ1) is 15.7. The fourth-order valence-electron chi connectivity index (χ4n) is 2.34. The standard InChI is InChI=1S/C16H14ClN3O2S/c1-23(22)9-11-7-12(5-6-14(11)17)19-16(21)13-4-2-3-10-8-18-20-15(10)13/h2-8H,9H2,1H3,(H,18,20)(H,19,21). The smallest absolute Gasteiger partial charge is 0.257 e. The van der Waals surface area contributed by atoms with E-state index in [1.54, 1.807) is 42.8 Å². The Morgan fingerprint density at radius 1 is 1.35 bits per heavy atom. The maximum Gasteiger partial charge on any atom is 0.257 e. The third-order valence-corrected chi connectivity index (χ3v) is 4.47. The third kappa shape index (κ3) is 3.43. The summed E-state index contributed by atoms with van der Waals surface area (Å²) in [7, 11) is -1.01. The average Bonchev–Trinajstić information content (AvgIpc) is 2.98. The van der Waals surface area contributed by atoms with Crippen molar-refractivity contribution >= 4 is 44.9 Å². The lowest BCUT2D eigenvalue weighted by Crippen LogP contribution is -2.12. The highest BCUT2D eigenvalue weighted by Gasteiger charge is 2.12. The lowest BCUT2D eigenvalue weighted by atomic mass is 10.1. The first-order valence-electron chi connectivity index (χ1n) is 6.86. The van der Waals surface area contributed by atoms with Crippen LogP contribution in [0.1, 0.15) is 15.9 Å². The van der Waals surface area contributed by atoms with Crippen molar-refractivity contribution in [2.45, 2.75) is 5.75 Å². The fraction of sp³-hybridized carbons (Fsp3) is 0.125. The van der Waals surface area contributed by atoms with Crippen molar-refractivity contribution in [3.05, 3.63) is 58.7 Å². The molecule has 5 nitrogen and oxygen atoms in total. The van der Waals surface area contributed by atoms with Gasteiger partial charge in [0.15, 0.2) is 0 Å². The third-order valence-electron chi connectivity index (χ3n) is 3.38. The maximum atomic E-state index is 12.5. The molecule has 0 aliphatic carbocycles. The molecule has 1 amide bonds. The van der Waals surface area contributed by atoms with Gasteiger partial charge >= 0.3 is 0 Å². The minimum Gasteiger partial charge on any atom is -0.322 e. The van der Waals surface area contributed by atoms with Crippen LogP contribution in [-0.2, 0) is 16.6 Å². The Hall–Kier alpha value is -2.18. The van der Waals surface area contributed by atoms with Gasteiger partial charge < -0.3 is 5.32 Å². The zero-order valence-corrected chi connectivity index (χ0v) is 13.9. The minimum absolute atomic E-state index is 0.245. The van der Waals surface area contributed by atoms with Gasteiger partial charge in [0.25, 0.3) is 5.91 Å². The Labute approximate surface area is 140 Å². The molecule has 3 aromatic rings. The van der Waals surface area contributed by atoms with Gasteiger partial charge in [-0.3, -0.25) is 14.1 Å². The monoisotopic (exact) mass is 347 g/mol. The van der Waals surface area contributed by atoms with Gasteiger partial charge in [-0.1, -0.05) is 23.7 Å². The van der Waals surface area contributed by atoms with Crippen LogP contribution >= 0.6 is 11.6 Å². The van der Waals surface area contributed by atoms with E-state index in [-0.39, 0.29) is 5.91 Å². The first-order chi connectivity index (χ1) is 11.0. The molecule has 2 N–H and O–H groups in total. The number of halogens is 1. The highest BCUT2D eigenvalue weighted by molar-refractivity contribution is 7.83. The molecule has 118 valence electrons. The second-order valence-corrected chi connectivity index (χ2v) is 6.96. The van der Waals surface area contributed by atoms with Crippen molar-refractivity contribution in [3.8, 4) is 0 Å². The van der Waals surface area contributed by atoms with E-state index in [0.29, 0.717) is 27.5 Å². The van der Waals surface area contributed by atoms with Crippen LogP contribution in [0.2, 0.25) is 5.02 Å². The van der Waals surface area contributed by atoms with E-state index in [4.69, 9.17) is 11.6 Å². The number of aromatic amines is 1. The van der Waals surface area contributed by atoms with Gasteiger partial charge in [0.05, 0.1) is 17.3 Å². The summed E-state index contributed by atoms with van der Waals surface area (Å²) in [6.45, 7) is 0. The number of benzene rings is 2. The molecule has 0 fully saturated rings. The van der Waals surface area contributed by atoms with Gasteiger partial charge in [-0.2, -0.15) is 5.10 Å². The minimum atomic E-state index is -1.01. The van der Waals surface area contributed by atoms with Crippen molar-refractivity contribution in [3.63, 3.8) is 0 Å². The number of H-pyrrole nitrogens is 1. The number of hydrogen-bond acceptors (Lipinski definition) is 3. The van der Waals surface area contributed by atoms with Crippen LogP contribution in [0, 0.1) is 0 Å². The molecule has 0 saturated carbocycles. The largest absolute Gasteiger partial charge is 0.322 e. The number of carbonyl (C=O) groups excluding carboxylic acids is 1. The molecular formula is C16H14ClN3O2S. The summed E-state index contributed by atoms with van der Waals surface area (Å²) in [6, 6.07) is 10.6. The van der Waals surface area contributed by atoms with Crippen LogP contribution in [0.15, 0.2) is 42.6 Å². The molecule has 2 aromatic carbocycles. The Bertz CT molecular complexity index is 907. The van der Waals surface area contributed by atoms with Crippen LogP contribution in [-0.4, -0.2) is 26.6 Å². The first-order valence-corrected chi connectivity index (χ1v) is 8.97. The Balaban J connectivity index is 1.88. The number of carbonyl (C=O) groups is 1. The lowest BCUT2D eigenvalue weighted by Gasteiger charge is -2.09. The summed E-state index contributed by atoms with van der Waals surface area (Å²) in [5.74, 6) is 0.101. The number of anilines is 1. The summed E-state index contributed by atoms with van der Waals surface area (Å²) < 4.78 is 11.4. The highest BCUT2D eigenvalue weighted by Crippen LogP contribution is 2.23. The van der Waals surface area contributed by atoms with E-state index >= 15 is 0 Å². The summed E-state index contributed by atoms with van der Waals surface area (Å²) in [5.41, 5.74) is 2.55. The zero-order valence-electron chi connectivity index (χ0n) is 12.3. The van der Waals surface area contributed by atoms with Crippen LogP contribution < -0.4 is 5.32 Å². The van der Waals surface area contributed by atoms with Crippen molar-refractivity contribution in [1.29, 1.82) is 0 Å². The van der Waals surface area contributed by atoms with E-state index in [1.165, 1.54) is 0 Å². The van der Waals surface area contributed by atoms with E-state index in [9.17, 15) is 9.00 Å². The average molecular weight is 348 g/mol. The second-order valence-electron chi connectivity index (χ2n) is 5.12. The van der Waals surface area contributed by atoms with Gasteiger partial charge in [0, 0.05) is 38.9 Å². The van der Waals surface area contributed by atoms with E-state index < -0.39 is 10.8 Å². The molecule has 0 aliphatic rings. The normalized spacial score (nSPS) is 12.3. The number of nitrogens with one attached hydrogen (secondary N) is 2. The maximum absolute atomic E-state index is 12.5. The molecule has 0 aliphatic heterocycles. The van der Waals surface area contributed by atoms with Gasteiger partial charge in [-0.05, 0) is 29.8 Å². The molecule has 7 heteroatoms. The molecule has 1 unspecified atom stereocenters. The van der Waals surface area contributed by atoms with Crippen LogP contribution in [0.3, 0.4) is 0 Å². The summed E-state index contributed by atoms with van der Waals surface area (Å²) in [6.07, 6.45) is 3.28. The van der Waals surface area contributed by atoms with E-state index in [0.717, 1.165) is 10.9 Å².